The van der Waals surface area contributed by atoms with Crippen molar-refractivity contribution in [2.45, 2.75) is 39.3 Å². The van der Waals surface area contributed by atoms with E-state index in [1.165, 1.54) is 0 Å². The standard InChI is InChI=1S/C23H26ClN7O2/c1-13-25-22(30(3)29-13)15-8-9-16(18(11-15)32-4)27-17-12-19(24)28-23-21(17)26-14(2)31(23)20-7-5-6-10-33-20/h8-9,11-12,20H,5-7,10H2,1-4H3,(H,27,28). The average molecular weight is 468 g/mol. The largest absolute Gasteiger partial charge is 0.495 e. The molecule has 4 heterocycles. The molecule has 1 unspecified atom stereocenters. The Balaban J connectivity index is 1.54. The molecule has 1 atom stereocenters. The van der Waals surface area contributed by atoms with E-state index in [1.807, 2.05) is 43.7 Å². The van der Waals surface area contributed by atoms with Gasteiger partial charge in [-0.15, -0.1) is 0 Å². The number of benzene rings is 1. The first-order valence-electron chi connectivity index (χ1n) is 10.9. The van der Waals surface area contributed by atoms with Crippen molar-refractivity contribution in [3.05, 3.63) is 41.1 Å². The smallest absolute Gasteiger partial charge is 0.166 e. The molecule has 0 saturated carbocycles. The van der Waals surface area contributed by atoms with E-state index in [4.69, 9.17) is 26.1 Å². The molecule has 5 rings (SSSR count). The van der Waals surface area contributed by atoms with Crippen LogP contribution in [-0.2, 0) is 11.8 Å². The second-order valence-electron chi connectivity index (χ2n) is 8.16. The average Bonchev–Trinajstić information content (AvgIpc) is 3.32. The summed E-state index contributed by atoms with van der Waals surface area (Å²) < 4.78 is 15.5. The molecule has 33 heavy (non-hydrogen) atoms. The summed E-state index contributed by atoms with van der Waals surface area (Å²) in [5.41, 5.74) is 3.89. The molecule has 172 valence electrons. The summed E-state index contributed by atoms with van der Waals surface area (Å²) in [7, 11) is 3.51. The van der Waals surface area contributed by atoms with Crippen LogP contribution in [0.5, 0.6) is 5.75 Å². The van der Waals surface area contributed by atoms with Gasteiger partial charge in [0.15, 0.2) is 11.5 Å². The van der Waals surface area contributed by atoms with Gasteiger partial charge in [-0.2, -0.15) is 5.10 Å². The predicted molar refractivity (Wildman–Crippen MR) is 127 cm³/mol. The van der Waals surface area contributed by atoms with Crippen LogP contribution in [0.15, 0.2) is 24.3 Å². The van der Waals surface area contributed by atoms with E-state index in [-0.39, 0.29) is 6.23 Å². The first kappa shape index (κ1) is 21.7. The highest BCUT2D eigenvalue weighted by molar-refractivity contribution is 6.30. The fourth-order valence-electron chi connectivity index (χ4n) is 4.35. The third-order valence-electron chi connectivity index (χ3n) is 5.84. The van der Waals surface area contributed by atoms with E-state index < -0.39 is 0 Å². The van der Waals surface area contributed by atoms with Crippen molar-refractivity contribution in [2.24, 2.45) is 7.05 Å². The molecule has 0 bridgehead atoms. The monoisotopic (exact) mass is 467 g/mol. The Labute approximate surface area is 196 Å². The first-order chi connectivity index (χ1) is 15.9. The maximum atomic E-state index is 6.43. The summed E-state index contributed by atoms with van der Waals surface area (Å²) in [5, 5.41) is 8.15. The van der Waals surface area contributed by atoms with Crippen molar-refractivity contribution in [3.63, 3.8) is 0 Å². The number of hydrogen-bond acceptors (Lipinski definition) is 7. The van der Waals surface area contributed by atoms with E-state index >= 15 is 0 Å². The fourth-order valence-corrected chi connectivity index (χ4v) is 4.54. The molecule has 10 heteroatoms. The molecule has 4 aromatic rings. The summed E-state index contributed by atoms with van der Waals surface area (Å²) >= 11 is 6.43. The Morgan fingerprint density at radius 2 is 1.97 bits per heavy atom. The number of aromatic nitrogens is 6. The number of pyridine rings is 1. The van der Waals surface area contributed by atoms with E-state index in [1.54, 1.807) is 17.9 Å². The van der Waals surface area contributed by atoms with E-state index in [2.05, 4.69) is 20.4 Å². The number of rotatable bonds is 5. The molecule has 0 spiro atoms. The lowest BCUT2D eigenvalue weighted by Crippen LogP contribution is -2.19. The lowest BCUT2D eigenvalue weighted by atomic mass is 10.1. The summed E-state index contributed by atoms with van der Waals surface area (Å²) in [6, 6.07) is 7.65. The van der Waals surface area contributed by atoms with Crippen molar-refractivity contribution >= 4 is 34.1 Å². The van der Waals surface area contributed by atoms with Gasteiger partial charge in [-0.05, 0) is 51.3 Å². The summed E-state index contributed by atoms with van der Waals surface area (Å²) in [6.45, 7) is 4.58. The zero-order valence-corrected chi connectivity index (χ0v) is 19.8. The van der Waals surface area contributed by atoms with E-state index in [0.717, 1.165) is 65.8 Å². The van der Waals surface area contributed by atoms with Crippen LogP contribution in [0.4, 0.5) is 11.4 Å². The maximum absolute atomic E-state index is 6.43. The number of methoxy groups -OCH3 is 1. The molecule has 0 amide bonds. The zero-order valence-electron chi connectivity index (χ0n) is 19.1. The molecular weight excluding hydrogens is 442 g/mol. The Bertz CT molecular complexity index is 1320. The van der Waals surface area contributed by atoms with Crippen LogP contribution < -0.4 is 10.1 Å². The number of nitrogens with one attached hydrogen (secondary N) is 1. The normalized spacial score (nSPS) is 16.3. The molecular formula is C23H26ClN7O2. The highest BCUT2D eigenvalue weighted by atomic mass is 35.5. The minimum atomic E-state index is -0.0776. The summed E-state index contributed by atoms with van der Waals surface area (Å²) in [5.74, 6) is 3.00. The Hall–Kier alpha value is -3.17. The Morgan fingerprint density at radius 3 is 2.67 bits per heavy atom. The van der Waals surface area contributed by atoms with Gasteiger partial charge in [0.05, 0.1) is 18.5 Å². The highest BCUT2D eigenvalue weighted by Crippen LogP contribution is 2.36. The number of hydrogen-bond donors (Lipinski definition) is 1. The van der Waals surface area contributed by atoms with Gasteiger partial charge in [0, 0.05) is 25.3 Å². The van der Waals surface area contributed by atoms with Gasteiger partial charge in [0.1, 0.15) is 34.3 Å². The molecule has 1 N–H and O–H groups in total. The second kappa shape index (κ2) is 8.64. The van der Waals surface area contributed by atoms with E-state index in [9.17, 15) is 0 Å². The number of imidazole rings is 1. The molecule has 0 aliphatic carbocycles. The van der Waals surface area contributed by atoms with Gasteiger partial charge < -0.3 is 14.8 Å². The number of ether oxygens (including phenoxy) is 2. The number of halogens is 1. The number of anilines is 2. The topological polar surface area (TPSA) is 91.9 Å². The molecule has 1 aliphatic heterocycles. The predicted octanol–water partition coefficient (Wildman–Crippen LogP) is 4.95. The molecule has 3 aromatic heterocycles. The van der Waals surface area contributed by atoms with Crippen LogP contribution in [0.3, 0.4) is 0 Å². The number of fused-ring (bicyclic) bond motifs is 1. The van der Waals surface area contributed by atoms with Crippen LogP contribution in [0.1, 0.15) is 37.1 Å². The Morgan fingerprint density at radius 1 is 1.12 bits per heavy atom. The van der Waals surface area contributed by atoms with Crippen molar-refractivity contribution in [3.8, 4) is 17.1 Å². The van der Waals surface area contributed by atoms with Crippen molar-refractivity contribution in [2.75, 3.05) is 19.0 Å². The minimum absolute atomic E-state index is 0.0776. The van der Waals surface area contributed by atoms with Crippen LogP contribution in [0.25, 0.3) is 22.6 Å². The molecule has 1 fully saturated rings. The second-order valence-corrected chi connectivity index (χ2v) is 8.55. The quantitative estimate of drug-likeness (QED) is 0.415. The molecule has 1 aliphatic rings. The number of nitrogens with zero attached hydrogens (tertiary/aromatic N) is 6. The van der Waals surface area contributed by atoms with Crippen LogP contribution in [0.2, 0.25) is 5.15 Å². The third-order valence-corrected chi connectivity index (χ3v) is 6.03. The van der Waals surface area contributed by atoms with Crippen LogP contribution >= 0.6 is 11.6 Å². The lowest BCUT2D eigenvalue weighted by molar-refractivity contribution is -0.0309. The van der Waals surface area contributed by atoms with Gasteiger partial charge >= 0.3 is 0 Å². The van der Waals surface area contributed by atoms with Gasteiger partial charge in [0.25, 0.3) is 0 Å². The highest BCUT2D eigenvalue weighted by Gasteiger charge is 2.23. The fraction of sp³-hybridized carbons (Fsp3) is 0.391. The maximum Gasteiger partial charge on any atom is 0.166 e. The van der Waals surface area contributed by atoms with Crippen molar-refractivity contribution in [1.82, 2.24) is 29.3 Å². The minimum Gasteiger partial charge on any atom is -0.495 e. The van der Waals surface area contributed by atoms with Crippen LogP contribution in [-0.4, -0.2) is 43.0 Å². The van der Waals surface area contributed by atoms with Gasteiger partial charge in [-0.3, -0.25) is 4.57 Å². The van der Waals surface area contributed by atoms with Crippen LogP contribution in [0, 0.1) is 13.8 Å². The van der Waals surface area contributed by atoms with Gasteiger partial charge in [0.2, 0.25) is 0 Å². The number of aryl methyl sites for hydroxylation is 3. The van der Waals surface area contributed by atoms with E-state index in [0.29, 0.717) is 16.5 Å². The lowest BCUT2D eigenvalue weighted by Gasteiger charge is -2.25. The SMILES string of the molecule is COc1cc(-c2nc(C)nn2C)ccc1Nc1cc(Cl)nc2c1nc(C)n2C1CCCCO1. The third kappa shape index (κ3) is 4.02. The summed E-state index contributed by atoms with van der Waals surface area (Å²) in [4.78, 5) is 13.9. The van der Waals surface area contributed by atoms with Gasteiger partial charge in [-0.1, -0.05) is 11.6 Å². The van der Waals surface area contributed by atoms with Crippen molar-refractivity contribution in [1.29, 1.82) is 0 Å². The molecule has 1 aromatic carbocycles. The van der Waals surface area contributed by atoms with Gasteiger partial charge in [-0.25, -0.2) is 19.6 Å². The molecule has 1 saturated heterocycles. The van der Waals surface area contributed by atoms with Crippen molar-refractivity contribution < 1.29 is 9.47 Å². The Kier molecular flexibility index (Phi) is 5.67. The molecule has 0 radical (unpaired) electrons. The first-order valence-corrected chi connectivity index (χ1v) is 11.3. The molecule has 9 nitrogen and oxygen atoms in total. The zero-order chi connectivity index (χ0) is 23.1. The summed E-state index contributed by atoms with van der Waals surface area (Å²) in [6.07, 6.45) is 3.04.